The molecule has 2 aromatic rings. The molecule has 0 spiro atoms. The molecule has 1 aliphatic heterocycles. The molecule has 24 heavy (non-hydrogen) atoms. The SMILES string of the molecule is Cc1ccc(CSCC(=O)NCCc2ccc3c(c2)OCO3)cc1. The van der Waals surface area contributed by atoms with Crippen LogP contribution in [0.5, 0.6) is 11.5 Å². The van der Waals surface area contributed by atoms with Crippen LogP contribution in [0, 0.1) is 6.92 Å². The molecule has 0 aromatic heterocycles. The van der Waals surface area contributed by atoms with E-state index in [0.29, 0.717) is 12.3 Å². The van der Waals surface area contributed by atoms with Crippen LogP contribution in [0.2, 0.25) is 0 Å². The third kappa shape index (κ3) is 4.68. The van der Waals surface area contributed by atoms with Crippen LogP contribution in [-0.4, -0.2) is 25.0 Å². The zero-order valence-electron chi connectivity index (χ0n) is 13.7. The zero-order valence-corrected chi connectivity index (χ0v) is 14.5. The highest BCUT2D eigenvalue weighted by atomic mass is 32.2. The summed E-state index contributed by atoms with van der Waals surface area (Å²) in [5, 5.41) is 2.96. The van der Waals surface area contributed by atoms with E-state index in [2.05, 4.69) is 36.5 Å². The third-order valence-electron chi connectivity index (χ3n) is 3.80. The molecule has 1 aliphatic rings. The van der Waals surface area contributed by atoms with Gasteiger partial charge in [0.05, 0.1) is 5.75 Å². The van der Waals surface area contributed by atoms with Gasteiger partial charge >= 0.3 is 0 Å². The second-order valence-corrected chi connectivity index (χ2v) is 6.75. The largest absolute Gasteiger partial charge is 0.454 e. The van der Waals surface area contributed by atoms with E-state index in [1.165, 1.54) is 11.1 Å². The maximum atomic E-state index is 11.9. The number of benzene rings is 2. The molecule has 3 rings (SSSR count). The average molecular weight is 343 g/mol. The topological polar surface area (TPSA) is 47.6 Å². The fraction of sp³-hybridized carbons (Fsp3) is 0.316. The van der Waals surface area contributed by atoms with Crippen LogP contribution in [0.3, 0.4) is 0 Å². The number of ether oxygens (including phenoxy) is 2. The number of nitrogens with one attached hydrogen (secondary N) is 1. The second-order valence-electron chi connectivity index (χ2n) is 5.77. The molecule has 1 heterocycles. The van der Waals surface area contributed by atoms with Crippen LogP contribution in [0.15, 0.2) is 42.5 Å². The van der Waals surface area contributed by atoms with E-state index in [1.54, 1.807) is 11.8 Å². The van der Waals surface area contributed by atoms with Crippen molar-refractivity contribution in [1.82, 2.24) is 5.32 Å². The van der Waals surface area contributed by atoms with Gasteiger partial charge in [-0.05, 0) is 36.6 Å². The third-order valence-corrected chi connectivity index (χ3v) is 4.80. The highest BCUT2D eigenvalue weighted by molar-refractivity contribution is 7.99. The molecule has 0 bridgehead atoms. The smallest absolute Gasteiger partial charge is 0.231 e. The molecule has 0 atom stereocenters. The predicted octanol–water partition coefficient (Wildman–Crippen LogP) is 3.32. The Morgan fingerprint density at radius 3 is 2.67 bits per heavy atom. The highest BCUT2D eigenvalue weighted by Gasteiger charge is 2.13. The van der Waals surface area contributed by atoms with Gasteiger partial charge in [0.15, 0.2) is 11.5 Å². The summed E-state index contributed by atoms with van der Waals surface area (Å²) in [7, 11) is 0. The van der Waals surface area contributed by atoms with Crippen molar-refractivity contribution in [1.29, 1.82) is 0 Å². The van der Waals surface area contributed by atoms with Gasteiger partial charge in [-0.1, -0.05) is 35.9 Å². The molecular formula is C19H21NO3S. The van der Waals surface area contributed by atoms with Gasteiger partial charge in [0.2, 0.25) is 12.7 Å². The molecule has 0 fully saturated rings. The van der Waals surface area contributed by atoms with Crippen molar-refractivity contribution in [2.45, 2.75) is 19.1 Å². The van der Waals surface area contributed by atoms with Crippen LogP contribution < -0.4 is 14.8 Å². The van der Waals surface area contributed by atoms with Crippen molar-refractivity contribution in [2.24, 2.45) is 0 Å². The molecular weight excluding hydrogens is 322 g/mol. The fourth-order valence-electron chi connectivity index (χ4n) is 2.44. The number of thioether (sulfide) groups is 1. The summed E-state index contributed by atoms with van der Waals surface area (Å²) < 4.78 is 10.6. The molecule has 5 heteroatoms. The number of hydrogen-bond acceptors (Lipinski definition) is 4. The van der Waals surface area contributed by atoms with Crippen molar-refractivity contribution < 1.29 is 14.3 Å². The van der Waals surface area contributed by atoms with Gasteiger partial charge in [0, 0.05) is 12.3 Å². The summed E-state index contributed by atoms with van der Waals surface area (Å²) in [4.78, 5) is 11.9. The van der Waals surface area contributed by atoms with E-state index in [9.17, 15) is 4.79 Å². The van der Waals surface area contributed by atoms with Crippen molar-refractivity contribution in [2.75, 3.05) is 19.1 Å². The summed E-state index contributed by atoms with van der Waals surface area (Å²) in [6.07, 6.45) is 0.783. The first-order valence-corrected chi connectivity index (χ1v) is 9.15. The van der Waals surface area contributed by atoms with Crippen molar-refractivity contribution in [3.8, 4) is 11.5 Å². The Morgan fingerprint density at radius 1 is 1.08 bits per heavy atom. The average Bonchev–Trinajstić information content (AvgIpc) is 3.04. The van der Waals surface area contributed by atoms with E-state index in [1.807, 2.05) is 18.2 Å². The van der Waals surface area contributed by atoms with E-state index < -0.39 is 0 Å². The van der Waals surface area contributed by atoms with Gasteiger partial charge in [-0.25, -0.2) is 0 Å². The van der Waals surface area contributed by atoms with Crippen LogP contribution in [0.1, 0.15) is 16.7 Å². The van der Waals surface area contributed by atoms with Gasteiger partial charge in [-0.3, -0.25) is 4.79 Å². The monoisotopic (exact) mass is 343 g/mol. The van der Waals surface area contributed by atoms with E-state index >= 15 is 0 Å². The molecule has 0 aliphatic carbocycles. The maximum absolute atomic E-state index is 11.9. The number of carbonyl (C=O) groups excluding carboxylic acids is 1. The van der Waals surface area contributed by atoms with Crippen LogP contribution in [0.4, 0.5) is 0 Å². The Hall–Kier alpha value is -2.14. The molecule has 0 radical (unpaired) electrons. The number of hydrogen-bond donors (Lipinski definition) is 1. The van der Waals surface area contributed by atoms with Crippen LogP contribution in [-0.2, 0) is 17.0 Å². The molecule has 2 aromatic carbocycles. The summed E-state index contributed by atoms with van der Waals surface area (Å²) in [6, 6.07) is 14.3. The minimum Gasteiger partial charge on any atom is -0.454 e. The second kappa shape index (κ2) is 8.11. The zero-order chi connectivity index (χ0) is 16.8. The number of amides is 1. The molecule has 0 unspecified atom stereocenters. The molecule has 1 N–H and O–H groups in total. The Kier molecular flexibility index (Phi) is 5.64. The normalized spacial score (nSPS) is 12.2. The first kappa shape index (κ1) is 16.7. The van der Waals surface area contributed by atoms with Gasteiger partial charge in [-0.2, -0.15) is 0 Å². The summed E-state index contributed by atoms with van der Waals surface area (Å²) >= 11 is 1.63. The Labute approximate surface area is 146 Å². The molecule has 1 amide bonds. The Morgan fingerprint density at radius 2 is 1.83 bits per heavy atom. The Bertz CT molecular complexity index is 700. The van der Waals surface area contributed by atoms with Gasteiger partial charge < -0.3 is 14.8 Å². The standard InChI is InChI=1S/C19H21NO3S/c1-14-2-4-16(5-3-14)11-24-12-19(21)20-9-8-15-6-7-17-18(10-15)23-13-22-17/h2-7,10H,8-9,11-13H2,1H3,(H,20,21). The minimum absolute atomic E-state index is 0.0767. The number of rotatable bonds is 7. The summed E-state index contributed by atoms with van der Waals surface area (Å²) in [6.45, 7) is 2.99. The van der Waals surface area contributed by atoms with Gasteiger partial charge in [0.25, 0.3) is 0 Å². The molecule has 126 valence electrons. The van der Waals surface area contributed by atoms with Crippen molar-refractivity contribution in [3.05, 3.63) is 59.2 Å². The maximum Gasteiger partial charge on any atom is 0.231 e. The van der Waals surface area contributed by atoms with E-state index in [-0.39, 0.29) is 12.7 Å². The Balaban J connectivity index is 1.34. The summed E-state index contributed by atoms with van der Waals surface area (Å²) in [5.74, 6) is 2.99. The lowest BCUT2D eigenvalue weighted by Crippen LogP contribution is -2.27. The van der Waals surface area contributed by atoms with Gasteiger partial charge in [0.1, 0.15) is 0 Å². The van der Waals surface area contributed by atoms with Crippen LogP contribution >= 0.6 is 11.8 Å². The lowest BCUT2D eigenvalue weighted by atomic mass is 10.1. The van der Waals surface area contributed by atoms with E-state index in [4.69, 9.17) is 9.47 Å². The minimum atomic E-state index is 0.0767. The quantitative estimate of drug-likeness (QED) is 0.838. The predicted molar refractivity (Wildman–Crippen MR) is 96.6 cm³/mol. The lowest BCUT2D eigenvalue weighted by molar-refractivity contribution is -0.118. The highest BCUT2D eigenvalue weighted by Crippen LogP contribution is 2.32. The number of carbonyl (C=O) groups is 1. The first-order chi connectivity index (χ1) is 11.7. The summed E-state index contributed by atoms with van der Waals surface area (Å²) in [5.41, 5.74) is 3.63. The molecule has 4 nitrogen and oxygen atoms in total. The molecule has 0 saturated carbocycles. The van der Waals surface area contributed by atoms with Crippen molar-refractivity contribution in [3.63, 3.8) is 0 Å². The lowest BCUT2D eigenvalue weighted by Gasteiger charge is -2.06. The first-order valence-electron chi connectivity index (χ1n) is 7.99. The van der Waals surface area contributed by atoms with Gasteiger partial charge in [-0.15, -0.1) is 11.8 Å². The number of fused-ring (bicyclic) bond motifs is 1. The van der Waals surface area contributed by atoms with Crippen molar-refractivity contribution >= 4 is 17.7 Å². The van der Waals surface area contributed by atoms with E-state index in [0.717, 1.165) is 29.2 Å². The fourth-order valence-corrected chi connectivity index (χ4v) is 3.26. The number of aryl methyl sites for hydroxylation is 1. The van der Waals surface area contributed by atoms with Crippen LogP contribution in [0.25, 0.3) is 0 Å². The molecule has 0 saturated heterocycles.